The number of aromatic nitrogens is 1. The Hall–Kier alpha value is -3.55. The van der Waals surface area contributed by atoms with E-state index in [4.69, 9.17) is 4.74 Å². The molecule has 0 saturated carbocycles. The molecule has 0 aliphatic carbocycles. The van der Waals surface area contributed by atoms with Gasteiger partial charge in [0.05, 0.1) is 5.52 Å². The highest BCUT2D eigenvalue weighted by Gasteiger charge is 2.26. The predicted molar refractivity (Wildman–Crippen MR) is 141 cm³/mol. The van der Waals surface area contributed by atoms with Gasteiger partial charge in [0.15, 0.2) is 0 Å². The molecular formula is C28H35FN4O3. The molecule has 4 rings (SSSR count). The van der Waals surface area contributed by atoms with E-state index in [1.165, 1.54) is 12.1 Å². The number of aryl methyl sites for hydroxylation is 2. The second-order valence-electron chi connectivity index (χ2n) is 10.5. The third-order valence-corrected chi connectivity index (χ3v) is 6.57. The summed E-state index contributed by atoms with van der Waals surface area (Å²) in [5.74, 6) is -0.504. The summed E-state index contributed by atoms with van der Waals surface area (Å²) < 4.78 is 21.2. The van der Waals surface area contributed by atoms with Crippen LogP contribution in [0.5, 0.6) is 0 Å². The molecule has 0 radical (unpaired) electrons. The summed E-state index contributed by atoms with van der Waals surface area (Å²) in [6.45, 7) is 13.8. The first-order valence-electron chi connectivity index (χ1n) is 12.3. The van der Waals surface area contributed by atoms with Crippen molar-refractivity contribution in [3.8, 4) is 0 Å². The van der Waals surface area contributed by atoms with E-state index >= 15 is 0 Å². The number of hydrogen-bond donors (Lipinski definition) is 1. The standard InChI is InChI=1S/C28H35FN4O3/c1-18-7-9-22(31-11-13-32(14-12-31)27(35)36-28(4,5)6)16-24(18)30-26(34)20(3)33-17-19(2)23-10-8-21(29)15-25(23)33/h7-10,15-17,20H,11-14H2,1-6H3,(H,30,34). The highest BCUT2D eigenvalue weighted by Crippen LogP contribution is 2.28. The van der Waals surface area contributed by atoms with Crippen molar-refractivity contribution in [1.82, 2.24) is 9.47 Å². The Morgan fingerprint density at radius 3 is 2.36 bits per heavy atom. The van der Waals surface area contributed by atoms with E-state index < -0.39 is 11.6 Å². The fourth-order valence-corrected chi connectivity index (χ4v) is 4.50. The normalized spacial score (nSPS) is 15.2. The maximum Gasteiger partial charge on any atom is 0.410 e. The number of rotatable bonds is 4. The molecule has 7 nitrogen and oxygen atoms in total. The molecule has 0 bridgehead atoms. The first-order valence-corrected chi connectivity index (χ1v) is 12.3. The number of fused-ring (bicyclic) bond motifs is 1. The van der Waals surface area contributed by atoms with Crippen LogP contribution in [-0.2, 0) is 9.53 Å². The lowest BCUT2D eigenvalue weighted by molar-refractivity contribution is -0.118. The monoisotopic (exact) mass is 494 g/mol. The minimum Gasteiger partial charge on any atom is -0.444 e. The van der Waals surface area contributed by atoms with Crippen molar-refractivity contribution >= 4 is 34.3 Å². The number of ether oxygens (including phenoxy) is 1. The van der Waals surface area contributed by atoms with E-state index in [0.29, 0.717) is 31.7 Å². The third-order valence-electron chi connectivity index (χ3n) is 6.57. The Labute approximate surface area is 211 Å². The minimum atomic E-state index is -0.525. The molecule has 1 unspecified atom stereocenters. The minimum absolute atomic E-state index is 0.175. The number of carbonyl (C=O) groups excluding carboxylic acids is 2. The van der Waals surface area contributed by atoms with Crippen molar-refractivity contribution in [1.29, 1.82) is 0 Å². The number of anilines is 2. The zero-order valence-corrected chi connectivity index (χ0v) is 21.9. The zero-order chi connectivity index (χ0) is 26.2. The topological polar surface area (TPSA) is 66.8 Å². The van der Waals surface area contributed by atoms with Crippen LogP contribution in [0.25, 0.3) is 10.9 Å². The van der Waals surface area contributed by atoms with Gasteiger partial charge in [-0.05, 0) is 83.0 Å². The third kappa shape index (κ3) is 5.48. The highest BCUT2D eigenvalue weighted by molar-refractivity contribution is 5.96. The number of hydrogen-bond acceptors (Lipinski definition) is 4. The van der Waals surface area contributed by atoms with Crippen molar-refractivity contribution in [3.63, 3.8) is 0 Å². The molecule has 2 heterocycles. The summed E-state index contributed by atoms with van der Waals surface area (Å²) in [5.41, 5.74) is 3.84. The first-order chi connectivity index (χ1) is 16.9. The lowest BCUT2D eigenvalue weighted by atomic mass is 10.1. The average molecular weight is 495 g/mol. The number of benzene rings is 2. The Balaban J connectivity index is 1.46. The van der Waals surface area contributed by atoms with E-state index in [1.807, 2.05) is 70.5 Å². The van der Waals surface area contributed by atoms with Gasteiger partial charge in [0.1, 0.15) is 17.5 Å². The number of amides is 2. The van der Waals surface area contributed by atoms with Gasteiger partial charge in [-0.3, -0.25) is 4.79 Å². The van der Waals surface area contributed by atoms with Gasteiger partial charge in [-0.15, -0.1) is 0 Å². The van der Waals surface area contributed by atoms with Crippen molar-refractivity contribution in [2.45, 2.75) is 53.2 Å². The number of halogens is 1. The van der Waals surface area contributed by atoms with Crippen molar-refractivity contribution in [2.24, 2.45) is 0 Å². The number of nitrogens with one attached hydrogen (secondary N) is 1. The summed E-state index contributed by atoms with van der Waals surface area (Å²) in [6, 6.07) is 10.1. The second-order valence-corrected chi connectivity index (χ2v) is 10.5. The van der Waals surface area contributed by atoms with Crippen LogP contribution < -0.4 is 10.2 Å². The number of piperazine rings is 1. The first kappa shape index (κ1) is 25.5. The van der Waals surface area contributed by atoms with Gasteiger partial charge in [0.25, 0.3) is 0 Å². The molecular weight excluding hydrogens is 459 g/mol. The molecule has 192 valence electrons. The molecule has 8 heteroatoms. The molecule has 1 aromatic heterocycles. The molecule has 3 aromatic rings. The number of nitrogens with zero attached hydrogens (tertiary/aromatic N) is 3. The molecule has 36 heavy (non-hydrogen) atoms. The lowest BCUT2D eigenvalue weighted by Crippen LogP contribution is -2.50. The van der Waals surface area contributed by atoms with Gasteiger partial charge < -0.3 is 24.4 Å². The Morgan fingerprint density at radius 1 is 1.00 bits per heavy atom. The van der Waals surface area contributed by atoms with Crippen LogP contribution in [-0.4, -0.2) is 53.2 Å². The fourth-order valence-electron chi connectivity index (χ4n) is 4.50. The molecule has 1 aliphatic heterocycles. The fraction of sp³-hybridized carbons (Fsp3) is 0.429. The summed E-state index contributed by atoms with van der Waals surface area (Å²) >= 11 is 0. The van der Waals surface area contributed by atoms with Crippen LogP contribution in [0.2, 0.25) is 0 Å². The second kappa shape index (κ2) is 9.84. The lowest BCUT2D eigenvalue weighted by Gasteiger charge is -2.37. The van der Waals surface area contributed by atoms with Gasteiger partial charge in [-0.25, -0.2) is 9.18 Å². The van der Waals surface area contributed by atoms with E-state index in [1.54, 1.807) is 11.0 Å². The summed E-state index contributed by atoms with van der Waals surface area (Å²) in [7, 11) is 0. The molecule has 0 spiro atoms. The molecule has 1 aliphatic rings. The highest BCUT2D eigenvalue weighted by atomic mass is 19.1. The van der Waals surface area contributed by atoms with Crippen LogP contribution in [0.15, 0.2) is 42.6 Å². The summed E-state index contributed by atoms with van der Waals surface area (Å²) in [4.78, 5) is 29.5. The van der Waals surface area contributed by atoms with Crippen LogP contribution in [0.3, 0.4) is 0 Å². The molecule has 1 atom stereocenters. The Morgan fingerprint density at radius 2 is 1.69 bits per heavy atom. The smallest absolute Gasteiger partial charge is 0.410 e. The van der Waals surface area contributed by atoms with Crippen LogP contribution in [0.4, 0.5) is 20.6 Å². The van der Waals surface area contributed by atoms with Gasteiger partial charge in [-0.1, -0.05) is 6.07 Å². The molecule has 1 fully saturated rings. The zero-order valence-electron chi connectivity index (χ0n) is 21.9. The van der Waals surface area contributed by atoms with Gasteiger partial charge in [0, 0.05) is 49.1 Å². The largest absolute Gasteiger partial charge is 0.444 e. The molecule has 2 amide bonds. The summed E-state index contributed by atoms with van der Waals surface area (Å²) in [6.07, 6.45) is 1.60. The maximum absolute atomic E-state index is 13.9. The van der Waals surface area contributed by atoms with Crippen LogP contribution in [0, 0.1) is 19.7 Å². The molecule has 1 saturated heterocycles. The van der Waals surface area contributed by atoms with E-state index in [-0.39, 0.29) is 17.8 Å². The van der Waals surface area contributed by atoms with Crippen molar-refractivity contribution in [3.05, 3.63) is 59.5 Å². The van der Waals surface area contributed by atoms with Crippen molar-refractivity contribution < 1.29 is 18.7 Å². The van der Waals surface area contributed by atoms with Crippen LogP contribution in [0.1, 0.15) is 44.9 Å². The average Bonchev–Trinajstić information content (AvgIpc) is 3.14. The SMILES string of the molecule is Cc1ccc(N2CCN(C(=O)OC(C)(C)C)CC2)cc1NC(=O)C(C)n1cc(C)c2ccc(F)cc21. The predicted octanol–water partition coefficient (Wildman–Crippen LogP) is 5.65. The van der Waals surface area contributed by atoms with Gasteiger partial charge in [-0.2, -0.15) is 0 Å². The Kier molecular flexibility index (Phi) is 6.98. The van der Waals surface area contributed by atoms with E-state index in [0.717, 1.165) is 27.9 Å². The van der Waals surface area contributed by atoms with E-state index in [9.17, 15) is 14.0 Å². The van der Waals surface area contributed by atoms with E-state index in [2.05, 4.69) is 10.2 Å². The number of carbonyl (C=O) groups is 2. The maximum atomic E-state index is 13.9. The van der Waals surface area contributed by atoms with Gasteiger partial charge in [0.2, 0.25) is 5.91 Å². The molecule has 2 aromatic carbocycles. The van der Waals surface area contributed by atoms with Crippen molar-refractivity contribution in [2.75, 3.05) is 36.4 Å². The summed E-state index contributed by atoms with van der Waals surface area (Å²) in [5, 5.41) is 3.99. The quantitative estimate of drug-likeness (QED) is 0.509. The molecule has 1 N–H and O–H groups in total. The Bertz CT molecular complexity index is 1290. The van der Waals surface area contributed by atoms with Gasteiger partial charge >= 0.3 is 6.09 Å². The van der Waals surface area contributed by atoms with Crippen LogP contribution >= 0.6 is 0 Å².